The van der Waals surface area contributed by atoms with Gasteiger partial charge in [0.2, 0.25) is 0 Å². The monoisotopic (exact) mass is 354 g/mol. The second-order valence-electron chi connectivity index (χ2n) is 4.86. The van der Waals surface area contributed by atoms with Crippen LogP contribution in [0.5, 0.6) is 5.75 Å². The van der Waals surface area contributed by atoms with E-state index in [1.54, 1.807) is 6.07 Å². The molecule has 1 unspecified atom stereocenters. The smallest absolute Gasteiger partial charge is 0.142 e. The Morgan fingerprint density at radius 2 is 1.90 bits per heavy atom. The van der Waals surface area contributed by atoms with Crippen molar-refractivity contribution >= 4 is 27.5 Å². The molecule has 0 radical (unpaired) electrons. The predicted molar refractivity (Wildman–Crippen MR) is 82.4 cm³/mol. The topological polar surface area (TPSA) is 9.23 Å². The number of rotatable bonds is 2. The molecule has 1 heterocycles. The molecule has 0 aliphatic carbocycles. The molecule has 1 aliphatic rings. The fraction of sp³-hybridized carbons (Fsp3) is 0.250. The highest BCUT2D eigenvalue weighted by atomic mass is 79.9. The van der Waals surface area contributed by atoms with E-state index in [-0.39, 0.29) is 9.85 Å². The van der Waals surface area contributed by atoms with Crippen molar-refractivity contribution in [2.75, 3.05) is 6.61 Å². The first kappa shape index (κ1) is 13.9. The van der Waals surface area contributed by atoms with E-state index in [0.717, 1.165) is 36.3 Å². The molecule has 0 amide bonds. The molecule has 4 heteroatoms. The fourth-order valence-corrected chi connectivity index (χ4v) is 3.09. The quantitative estimate of drug-likeness (QED) is 0.665. The Labute approximate surface area is 130 Å². The SMILES string of the molecule is Fc1cc(C(Br)c2ccc3c(c2)CCCO3)ccc1Cl. The summed E-state index contributed by atoms with van der Waals surface area (Å²) in [6, 6.07) is 11.0. The van der Waals surface area contributed by atoms with E-state index in [4.69, 9.17) is 16.3 Å². The molecule has 0 fully saturated rings. The minimum Gasteiger partial charge on any atom is -0.493 e. The number of hydrogen-bond donors (Lipinski definition) is 0. The van der Waals surface area contributed by atoms with Gasteiger partial charge in [0, 0.05) is 0 Å². The van der Waals surface area contributed by atoms with Crippen molar-refractivity contribution in [3.8, 4) is 5.75 Å². The maximum Gasteiger partial charge on any atom is 0.142 e. The van der Waals surface area contributed by atoms with Gasteiger partial charge < -0.3 is 4.74 Å². The third kappa shape index (κ3) is 2.70. The van der Waals surface area contributed by atoms with Crippen molar-refractivity contribution in [2.45, 2.75) is 17.7 Å². The summed E-state index contributed by atoms with van der Waals surface area (Å²) in [7, 11) is 0. The average Bonchev–Trinajstić information content (AvgIpc) is 2.49. The minimum absolute atomic E-state index is 0.0542. The third-order valence-corrected chi connectivity index (χ3v) is 4.83. The Morgan fingerprint density at radius 3 is 2.70 bits per heavy atom. The van der Waals surface area contributed by atoms with E-state index in [2.05, 4.69) is 22.0 Å². The molecule has 104 valence electrons. The lowest BCUT2D eigenvalue weighted by Gasteiger charge is -2.19. The van der Waals surface area contributed by atoms with Gasteiger partial charge in [-0.05, 0) is 47.7 Å². The van der Waals surface area contributed by atoms with Crippen LogP contribution in [-0.2, 0) is 6.42 Å². The molecule has 0 N–H and O–H groups in total. The number of aryl methyl sites for hydroxylation is 1. The van der Waals surface area contributed by atoms with Crippen LogP contribution >= 0.6 is 27.5 Å². The molecular weight excluding hydrogens is 343 g/mol. The Kier molecular flexibility index (Phi) is 3.99. The highest BCUT2D eigenvalue weighted by molar-refractivity contribution is 9.09. The van der Waals surface area contributed by atoms with Crippen LogP contribution in [0.3, 0.4) is 0 Å². The lowest BCUT2D eigenvalue weighted by atomic mass is 9.99. The molecule has 0 saturated heterocycles. The second-order valence-corrected chi connectivity index (χ2v) is 6.18. The number of alkyl halides is 1. The Balaban J connectivity index is 1.93. The average molecular weight is 356 g/mol. The molecule has 0 saturated carbocycles. The van der Waals surface area contributed by atoms with Crippen molar-refractivity contribution in [1.82, 2.24) is 0 Å². The molecule has 1 aliphatic heterocycles. The van der Waals surface area contributed by atoms with Gasteiger partial charge in [-0.15, -0.1) is 0 Å². The van der Waals surface area contributed by atoms with Crippen LogP contribution in [0.4, 0.5) is 4.39 Å². The number of halogens is 3. The zero-order valence-electron chi connectivity index (χ0n) is 10.7. The van der Waals surface area contributed by atoms with E-state index < -0.39 is 5.82 Å². The molecule has 3 rings (SSSR count). The lowest BCUT2D eigenvalue weighted by Crippen LogP contribution is -2.08. The van der Waals surface area contributed by atoms with Gasteiger partial charge in [0.05, 0.1) is 16.5 Å². The van der Waals surface area contributed by atoms with Crippen LogP contribution in [0.2, 0.25) is 5.02 Å². The van der Waals surface area contributed by atoms with Gasteiger partial charge in [0.25, 0.3) is 0 Å². The second kappa shape index (κ2) is 5.74. The first-order valence-corrected chi connectivity index (χ1v) is 7.79. The molecule has 2 aromatic carbocycles. The fourth-order valence-electron chi connectivity index (χ4n) is 2.40. The van der Waals surface area contributed by atoms with Crippen LogP contribution in [0, 0.1) is 5.82 Å². The number of ether oxygens (including phenoxy) is 1. The van der Waals surface area contributed by atoms with Gasteiger partial charge in [0.1, 0.15) is 11.6 Å². The van der Waals surface area contributed by atoms with Gasteiger partial charge in [-0.25, -0.2) is 4.39 Å². The van der Waals surface area contributed by atoms with Crippen molar-refractivity contribution in [2.24, 2.45) is 0 Å². The summed E-state index contributed by atoms with van der Waals surface area (Å²) in [5, 5.41) is 0.146. The third-order valence-electron chi connectivity index (χ3n) is 3.46. The summed E-state index contributed by atoms with van der Waals surface area (Å²) < 4.78 is 19.2. The van der Waals surface area contributed by atoms with Crippen LogP contribution < -0.4 is 4.74 Å². The maximum absolute atomic E-state index is 13.6. The number of hydrogen-bond acceptors (Lipinski definition) is 1. The molecule has 1 atom stereocenters. The molecule has 0 aromatic heterocycles. The largest absolute Gasteiger partial charge is 0.493 e. The van der Waals surface area contributed by atoms with Crippen LogP contribution in [-0.4, -0.2) is 6.61 Å². The van der Waals surface area contributed by atoms with Crippen molar-refractivity contribution in [1.29, 1.82) is 0 Å². The standard InChI is InChI=1S/C16H13BrClFO/c17-16(12-3-5-13(18)14(19)9-12)11-4-6-15-10(8-11)2-1-7-20-15/h3-6,8-9,16H,1-2,7H2. The highest BCUT2D eigenvalue weighted by Crippen LogP contribution is 2.35. The predicted octanol–water partition coefficient (Wildman–Crippen LogP) is 5.29. The Bertz CT molecular complexity index is 644. The molecule has 20 heavy (non-hydrogen) atoms. The number of fused-ring (bicyclic) bond motifs is 1. The van der Waals surface area contributed by atoms with Crippen LogP contribution in [0.15, 0.2) is 36.4 Å². The van der Waals surface area contributed by atoms with Gasteiger partial charge in [0.15, 0.2) is 0 Å². The van der Waals surface area contributed by atoms with E-state index in [1.165, 1.54) is 11.6 Å². The summed E-state index contributed by atoms with van der Waals surface area (Å²) in [6.45, 7) is 0.784. The van der Waals surface area contributed by atoms with Gasteiger partial charge >= 0.3 is 0 Å². The minimum atomic E-state index is -0.394. The van der Waals surface area contributed by atoms with Crippen LogP contribution in [0.25, 0.3) is 0 Å². The summed E-state index contributed by atoms with van der Waals surface area (Å²) in [5.41, 5.74) is 3.16. The Hall–Kier alpha value is -1.06. The summed E-state index contributed by atoms with van der Waals surface area (Å²) in [5.74, 6) is 0.567. The van der Waals surface area contributed by atoms with E-state index in [0.29, 0.717) is 0 Å². The molecule has 2 aromatic rings. The Morgan fingerprint density at radius 1 is 1.15 bits per heavy atom. The number of benzene rings is 2. The maximum atomic E-state index is 13.6. The van der Waals surface area contributed by atoms with Crippen molar-refractivity contribution in [3.63, 3.8) is 0 Å². The van der Waals surface area contributed by atoms with Gasteiger partial charge in [-0.2, -0.15) is 0 Å². The zero-order valence-corrected chi connectivity index (χ0v) is 13.0. The van der Waals surface area contributed by atoms with E-state index >= 15 is 0 Å². The van der Waals surface area contributed by atoms with E-state index in [1.807, 2.05) is 18.2 Å². The molecule has 0 spiro atoms. The molecular formula is C16H13BrClFO. The highest BCUT2D eigenvalue weighted by Gasteiger charge is 2.16. The summed E-state index contributed by atoms with van der Waals surface area (Å²) in [4.78, 5) is -0.0542. The molecule has 1 nitrogen and oxygen atoms in total. The first-order chi connectivity index (χ1) is 9.65. The first-order valence-electron chi connectivity index (χ1n) is 6.50. The van der Waals surface area contributed by atoms with Crippen molar-refractivity contribution < 1.29 is 9.13 Å². The summed E-state index contributed by atoms with van der Waals surface area (Å²) >= 11 is 9.35. The zero-order chi connectivity index (χ0) is 14.1. The lowest BCUT2D eigenvalue weighted by molar-refractivity contribution is 0.288. The normalized spacial score (nSPS) is 15.3. The van der Waals surface area contributed by atoms with Crippen molar-refractivity contribution in [3.05, 3.63) is 63.9 Å². The molecule has 0 bridgehead atoms. The van der Waals surface area contributed by atoms with Gasteiger partial charge in [-0.3, -0.25) is 0 Å². The van der Waals surface area contributed by atoms with Crippen LogP contribution in [0.1, 0.15) is 27.9 Å². The van der Waals surface area contributed by atoms with E-state index in [9.17, 15) is 4.39 Å². The van der Waals surface area contributed by atoms with Gasteiger partial charge in [-0.1, -0.05) is 45.7 Å². The summed E-state index contributed by atoms with van der Waals surface area (Å²) in [6.07, 6.45) is 2.07.